The van der Waals surface area contributed by atoms with Crippen LogP contribution in [0.25, 0.3) is 0 Å². The highest BCUT2D eigenvalue weighted by Gasteiger charge is 2.19. The maximum absolute atomic E-state index is 12.4. The Kier molecular flexibility index (Phi) is 7.46. The quantitative estimate of drug-likeness (QED) is 0.517. The van der Waals surface area contributed by atoms with Crippen LogP contribution in [-0.2, 0) is 11.8 Å². The number of anilines is 1. The normalized spacial score (nSPS) is 11.9. The van der Waals surface area contributed by atoms with Crippen molar-refractivity contribution >= 4 is 29.3 Å². The molecule has 1 atom stereocenters. The van der Waals surface area contributed by atoms with E-state index < -0.39 is 0 Å². The number of carbonyl (C=O) groups excluding carboxylic acids is 2. The molecule has 0 aliphatic rings. The minimum absolute atomic E-state index is 0.114. The molecule has 1 heterocycles. The monoisotopic (exact) mass is 437 g/mol. The Bertz CT molecular complexity index is 1030. The SMILES string of the molecule is CC(C)c1ccc(NC(=O)CSc2nnc([C@H](C)NC(=O)c3ccccc3)n2C)cc1. The lowest BCUT2D eigenvalue weighted by atomic mass is 10.0. The molecule has 0 unspecified atom stereocenters. The van der Waals surface area contributed by atoms with Crippen LogP contribution in [-0.4, -0.2) is 32.3 Å². The predicted octanol–water partition coefficient (Wildman–Crippen LogP) is 4.16. The molecule has 3 rings (SSSR count). The van der Waals surface area contributed by atoms with Gasteiger partial charge in [0.15, 0.2) is 11.0 Å². The van der Waals surface area contributed by atoms with Crippen LogP contribution in [0.3, 0.4) is 0 Å². The summed E-state index contributed by atoms with van der Waals surface area (Å²) in [7, 11) is 1.82. The number of aromatic nitrogens is 3. The number of benzene rings is 2. The Hall–Kier alpha value is -3.13. The van der Waals surface area contributed by atoms with Gasteiger partial charge in [0, 0.05) is 18.3 Å². The van der Waals surface area contributed by atoms with Crippen molar-refractivity contribution in [2.75, 3.05) is 11.1 Å². The summed E-state index contributed by atoms with van der Waals surface area (Å²) in [6.07, 6.45) is 0. The summed E-state index contributed by atoms with van der Waals surface area (Å²) in [5.41, 5.74) is 2.59. The summed E-state index contributed by atoms with van der Waals surface area (Å²) in [6.45, 7) is 6.12. The summed E-state index contributed by atoms with van der Waals surface area (Å²) in [4.78, 5) is 24.7. The predicted molar refractivity (Wildman–Crippen MR) is 123 cm³/mol. The zero-order valence-corrected chi connectivity index (χ0v) is 18.9. The molecule has 2 amide bonds. The summed E-state index contributed by atoms with van der Waals surface area (Å²) in [5.74, 6) is 0.995. The van der Waals surface area contributed by atoms with Gasteiger partial charge in [0.25, 0.3) is 5.91 Å². The number of carbonyl (C=O) groups is 2. The molecule has 7 nitrogen and oxygen atoms in total. The first-order valence-electron chi connectivity index (χ1n) is 10.1. The first-order valence-corrected chi connectivity index (χ1v) is 11.1. The average Bonchev–Trinajstić information content (AvgIpc) is 3.13. The Morgan fingerprint density at radius 2 is 1.68 bits per heavy atom. The van der Waals surface area contributed by atoms with Crippen molar-refractivity contribution in [3.63, 3.8) is 0 Å². The Morgan fingerprint density at radius 3 is 2.32 bits per heavy atom. The third-order valence-electron chi connectivity index (χ3n) is 4.83. The number of thioether (sulfide) groups is 1. The van der Waals surface area contributed by atoms with E-state index in [4.69, 9.17) is 0 Å². The Morgan fingerprint density at radius 1 is 1.00 bits per heavy atom. The van der Waals surface area contributed by atoms with E-state index in [1.165, 1.54) is 17.3 Å². The van der Waals surface area contributed by atoms with E-state index in [1.54, 1.807) is 16.7 Å². The molecule has 8 heteroatoms. The van der Waals surface area contributed by atoms with Crippen molar-refractivity contribution in [2.24, 2.45) is 7.05 Å². The Labute approximate surface area is 186 Å². The van der Waals surface area contributed by atoms with E-state index in [0.29, 0.717) is 22.5 Å². The number of nitrogens with one attached hydrogen (secondary N) is 2. The fourth-order valence-corrected chi connectivity index (χ4v) is 3.76. The molecule has 2 aromatic carbocycles. The van der Waals surface area contributed by atoms with Gasteiger partial charge in [-0.2, -0.15) is 0 Å². The van der Waals surface area contributed by atoms with Gasteiger partial charge < -0.3 is 15.2 Å². The topological polar surface area (TPSA) is 88.9 Å². The molecule has 0 saturated heterocycles. The van der Waals surface area contributed by atoms with E-state index in [2.05, 4.69) is 34.7 Å². The molecular weight excluding hydrogens is 410 g/mol. The lowest BCUT2D eigenvalue weighted by molar-refractivity contribution is -0.113. The molecule has 162 valence electrons. The van der Waals surface area contributed by atoms with Crippen molar-refractivity contribution < 1.29 is 9.59 Å². The zero-order chi connectivity index (χ0) is 22.4. The third-order valence-corrected chi connectivity index (χ3v) is 5.85. The van der Waals surface area contributed by atoms with Crippen LogP contribution in [0.4, 0.5) is 5.69 Å². The van der Waals surface area contributed by atoms with Crippen LogP contribution in [0.2, 0.25) is 0 Å². The highest BCUT2D eigenvalue weighted by Crippen LogP contribution is 2.21. The lowest BCUT2D eigenvalue weighted by Gasteiger charge is -2.13. The molecule has 2 N–H and O–H groups in total. The van der Waals surface area contributed by atoms with Gasteiger partial charge in [-0.25, -0.2) is 0 Å². The molecule has 0 aliphatic carbocycles. The standard InChI is InChI=1S/C23H27N5O2S/c1-15(2)17-10-12-19(13-11-17)25-20(29)14-31-23-27-26-21(28(23)4)16(3)24-22(30)18-8-6-5-7-9-18/h5-13,15-16H,14H2,1-4H3,(H,24,30)(H,25,29)/t16-/m0/s1. The second-order valence-corrected chi connectivity index (χ2v) is 8.52. The minimum atomic E-state index is -0.326. The molecule has 0 saturated carbocycles. The molecule has 0 fully saturated rings. The minimum Gasteiger partial charge on any atom is -0.342 e. The summed E-state index contributed by atoms with van der Waals surface area (Å²) >= 11 is 1.30. The van der Waals surface area contributed by atoms with E-state index >= 15 is 0 Å². The molecule has 0 aliphatic heterocycles. The van der Waals surface area contributed by atoms with Crippen LogP contribution in [0.15, 0.2) is 59.8 Å². The third kappa shape index (κ3) is 5.95. The summed E-state index contributed by atoms with van der Waals surface area (Å²) in [6, 6.07) is 16.6. The van der Waals surface area contributed by atoms with Gasteiger partial charge in [-0.3, -0.25) is 9.59 Å². The van der Waals surface area contributed by atoms with E-state index in [0.717, 1.165) is 5.69 Å². The molecule has 0 spiro atoms. The van der Waals surface area contributed by atoms with Gasteiger partial charge in [-0.05, 0) is 42.7 Å². The van der Waals surface area contributed by atoms with Crippen molar-refractivity contribution in [1.82, 2.24) is 20.1 Å². The Balaban J connectivity index is 1.54. The fraction of sp³-hybridized carbons (Fsp3) is 0.304. The second kappa shape index (κ2) is 10.3. The van der Waals surface area contributed by atoms with Crippen molar-refractivity contribution in [3.05, 3.63) is 71.5 Å². The molecule has 1 aromatic heterocycles. The first kappa shape index (κ1) is 22.6. The van der Waals surface area contributed by atoms with Crippen molar-refractivity contribution in [2.45, 2.75) is 37.9 Å². The van der Waals surface area contributed by atoms with E-state index in [-0.39, 0.29) is 23.6 Å². The van der Waals surface area contributed by atoms with E-state index in [9.17, 15) is 9.59 Å². The van der Waals surface area contributed by atoms with Gasteiger partial charge in [-0.1, -0.05) is 55.9 Å². The van der Waals surface area contributed by atoms with Crippen molar-refractivity contribution in [1.29, 1.82) is 0 Å². The highest BCUT2D eigenvalue weighted by molar-refractivity contribution is 7.99. The van der Waals surface area contributed by atoms with E-state index in [1.807, 2.05) is 56.4 Å². The average molecular weight is 438 g/mol. The van der Waals surface area contributed by atoms with Gasteiger partial charge in [0.2, 0.25) is 5.91 Å². The van der Waals surface area contributed by atoms with Gasteiger partial charge in [0.1, 0.15) is 0 Å². The summed E-state index contributed by atoms with van der Waals surface area (Å²) in [5, 5.41) is 14.8. The molecule has 31 heavy (non-hydrogen) atoms. The van der Waals surface area contributed by atoms with Crippen LogP contribution in [0, 0.1) is 0 Å². The number of amides is 2. The fourth-order valence-electron chi connectivity index (χ4n) is 3.04. The number of nitrogens with zero attached hydrogens (tertiary/aromatic N) is 3. The lowest BCUT2D eigenvalue weighted by Crippen LogP contribution is -2.28. The number of hydrogen-bond donors (Lipinski definition) is 2. The largest absolute Gasteiger partial charge is 0.342 e. The maximum Gasteiger partial charge on any atom is 0.251 e. The highest BCUT2D eigenvalue weighted by atomic mass is 32.2. The number of hydrogen-bond acceptors (Lipinski definition) is 5. The van der Waals surface area contributed by atoms with Gasteiger partial charge in [-0.15, -0.1) is 10.2 Å². The van der Waals surface area contributed by atoms with Crippen LogP contribution in [0.1, 0.15) is 54.5 Å². The van der Waals surface area contributed by atoms with Gasteiger partial charge >= 0.3 is 0 Å². The smallest absolute Gasteiger partial charge is 0.251 e. The molecule has 0 radical (unpaired) electrons. The zero-order valence-electron chi connectivity index (χ0n) is 18.1. The van der Waals surface area contributed by atoms with Gasteiger partial charge in [0.05, 0.1) is 11.8 Å². The first-order chi connectivity index (χ1) is 14.8. The maximum atomic E-state index is 12.4. The van der Waals surface area contributed by atoms with Crippen LogP contribution in [0.5, 0.6) is 0 Å². The molecule has 3 aromatic rings. The van der Waals surface area contributed by atoms with Crippen LogP contribution >= 0.6 is 11.8 Å². The van der Waals surface area contributed by atoms with Crippen LogP contribution < -0.4 is 10.6 Å². The number of rotatable bonds is 8. The van der Waals surface area contributed by atoms with Crippen molar-refractivity contribution in [3.8, 4) is 0 Å². The summed E-state index contributed by atoms with van der Waals surface area (Å²) < 4.78 is 1.80. The molecular formula is C23H27N5O2S. The second-order valence-electron chi connectivity index (χ2n) is 7.57. The molecule has 0 bridgehead atoms.